The van der Waals surface area contributed by atoms with Crippen molar-refractivity contribution in [3.8, 4) is 11.4 Å². The lowest BCUT2D eigenvalue weighted by Gasteiger charge is -2.09. The number of nitrogens with one attached hydrogen (secondary N) is 1. The van der Waals surface area contributed by atoms with Gasteiger partial charge in [-0.05, 0) is 42.3 Å². The molecule has 0 bridgehead atoms. The Kier molecular flexibility index (Phi) is 4.59. The number of benzene rings is 2. The van der Waals surface area contributed by atoms with Crippen LogP contribution < -0.4 is 11.1 Å². The molecule has 0 aliphatic heterocycles. The van der Waals surface area contributed by atoms with Crippen molar-refractivity contribution in [1.29, 1.82) is 0 Å². The van der Waals surface area contributed by atoms with E-state index in [1.54, 1.807) is 6.07 Å². The van der Waals surface area contributed by atoms with Gasteiger partial charge in [0, 0.05) is 16.3 Å². The Morgan fingerprint density at radius 1 is 1.08 bits per heavy atom. The van der Waals surface area contributed by atoms with E-state index in [-0.39, 0.29) is 12.6 Å². The van der Waals surface area contributed by atoms with Crippen LogP contribution >= 0.6 is 11.6 Å². The number of aliphatic hydroxyl groups is 1. The molecular formula is C17H16ClN5O. The second-order valence-corrected chi connectivity index (χ2v) is 5.72. The van der Waals surface area contributed by atoms with Gasteiger partial charge in [0.25, 0.3) is 0 Å². The summed E-state index contributed by atoms with van der Waals surface area (Å²) in [4.78, 5) is 12.7. The number of aliphatic hydroxyl groups excluding tert-OH is 1. The normalized spacial score (nSPS) is 10.6. The minimum atomic E-state index is -0.00280. The molecule has 3 rings (SSSR count). The standard InChI is InChI=1S/C17H16ClN5O/c1-10-2-5-12(18)8-14(10)15-21-16(19)23-17(22-15)20-13-6-3-11(9-24)4-7-13/h2-8,24H,9H2,1H3,(H3,19,20,21,22,23). The van der Waals surface area contributed by atoms with Crippen LogP contribution in [0.15, 0.2) is 42.5 Å². The number of aryl methyl sites for hydroxylation is 1. The lowest BCUT2D eigenvalue weighted by atomic mass is 10.1. The van der Waals surface area contributed by atoms with Crippen LogP contribution in [0.1, 0.15) is 11.1 Å². The molecule has 2 aromatic carbocycles. The predicted molar refractivity (Wildman–Crippen MR) is 95.1 cm³/mol. The maximum absolute atomic E-state index is 9.08. The molecule has 24 heavy (non-hydrogen) atoms. The van der Waals surface area contributed by atoms with Gasteiger partial charge in [-0.2, -0.15) is 15.0 Å². The molecule has 1 aromatic heterocycles. The average molecular weight is 342 g/mol. The Morgan fingerprint density at radius 3 is 2.54 bits per heavy atom. The predicted octanol–water partition coefficient (Wildman–Crippen LogP) is 3.32. The highest BCUT2D eigenvalue weighted by molar-refractivity contribution is 6.30. The fourth-order valence-electron chi connectivity index (χ4n) is 2.23. The van der Waals surface area contributed by atoms with E-state index in [9.17, 15) is 0 Å². The third kappa shape index (κ3) is 3.61. The van der Waals surface area contributed by atoms with E-state index in [1.165, 1.54) is 0 Å². The summed E-state index contributed by atoms with van der Waals surface area (Å²) >= 11 is 6.07. The highest BCUT2D eigenvalue weighted by atomic mass is 35.5. The van der Waals surface area contributed by atoms with Crippen LogP contribution in [0.5, 0.6) is 0 Å². The number of hydrogen-bond donors (Lipinski definition) is 3. The number of anilines is 3. The molecule has 6 nitrogen and oxygen atoms in total. The van der Waals surface area contributed by atoms with Gasteiger partial charge in [0.1, 0.15) is 0 Å². The third-order valence-corrected chi connectivity index (χ3v) is 3.72. The molecular weight excluding hydrogens is 326 g/mol. The van der Waals surface area contributed by atoms with E-state index < -0.39 is 0 Å². The zero-order valence-corrected chi connectivity index (χ0v) is 13.7. The molecule has 3 aromatic rings. The molecule has 7 heteroatoms. The Morgan fingerprint density at radius 2 is 1.83 bits per heavy atom. The zero-order chi connectivity index (χ0) is 17.1. The van der Waals surface area contributed by atoms with Crippen molar-refractivity contribution < 1.29 is 5.11 Å². The minimum Gasteiger partial charge on any atom is -0.392 e. The fourth-order valence-corrected chi connectivity index (χ4v) is 2.40. The van der Waals surface area contributed by atoms with Crippen LogP contribution in [-0.2, 0) is 6.61 Å². The smallest absolute Gasteiger partial charge is 0.232 e. The van der Waals surface area contributed by atoms with Gasteiger partial charge >= 0.3 is 0 Å². The Bertz CT molecular complexity index is 867. The summed E-state index contributed by atoms with van der Waals surface area (Å²) in [6, 6.07) is 12.8. The molecule has 0 saturated carbocycles. The SMILES string of the molecule is Cc1ccc(Cl)cc1-c1nc(N)nc(Nc2ccc(CO)cc2)n1. The topological polar surface area (TPSA) is 97.0 Å². The third-order valence-electron chi connectivity index (χ3n) is 3.49. The van der Waals surface area contributed by atoms with Gasteiger partial charge in [0.05, 0.1) is 6.61 Å². The number of nitrogens with zero attached hydrogens (tertiary/aromatic N) is 3. The molecule has 0 atom stereocenters. The van der Waals surface area contributed by atoms with Crippen LogP contribution in [0.4, 0.5) is 17.6 Å². The number of hydrogen-bond acceptors (Lipinski definition) is 6. The highest BCUT2D eigenvalue weighted by Crippen LogP contribution is 2.25. The summed E-state index contributed by atoms with van der Waals surface area (Å²) < 4.78 is 0. The number of nitrogens with two attached hydrogens (primary N) is 1. The summed E-state index contributed by atoms with van der Waals surface area (Å²) in [5, 5.41) is 12.8. The molecule has 0 spiro atoms. The summed E-state index contributed by atoms with van der Waals surface area (Å²) in [5.41, 5.74) is 9.22. The van der Waals surface area contributed by atoms with E-state index in [4.69, 9.17) is 22.4 Å². The average Bonchev–Trinajstić information content (AvgIpc) is 2.57. The summed E-state index contributed by atoms with van der Waals surface area (Å²) in [5.74, 6) is 0.916. The van der Waals surface area contributed by atoms with Crippen molar-refractivity contribution in [2.24, 2.45) is 0 Å². The number of nitrogen functional groups attached to an aromatic ring is 1. The summed E-state index contributed by atoms with van der Waals surface area (Å²) in [7, 11) is 0. The number of halogens is 1. The van der Waals surface area contributed by atoms with Gasteiger partial charge in [0.15, 0.2) is 5.82 Å². The van der Waals surface area contributed by atoms with Crippen molar-refractivity contribution in [2.75, 3.05) is 11.1 Å². The summed E-state index contributed by atoms with van der Waals surface area (Å²) in [6.45, 7) is 1.95. The molecule has 0 aliphatic carbocycles. The van der Waals surface area contributed by atoms with Crippen molar-refractivity contribution >= 4 is 29.2 Å². The first-order valence-electron chi connectivity index (χ1n) is 7.30. The van der Waals surface area contributed by atoms with Gasteiger partial charge in [-0.15, -0.1) is 0 Å². The lowest BCUT2D eigenvalue weighted by Crippen LogP contribution is -2.05. The lowest BCUT2D eigenvalue weighted by molar-refractivity contribution is 0.282. The number of rotatable bonds is 4. The first kappa shape index (κ1) is 16.2. The van der Waals surface area contributed by atoms with E-state index in [0.29, 0.717) is 16.8 Å². The molecule has 0 radical (unpaired) electrons. The second kappa shape index (κ2) is 6.82. The monoisotopic (exact) mass is 341 g/mol. The molecule has 122 valence electrons. The second-order valence-electron chi connectivity index (χ2n) is 5.28. The van der Waals surface area contributed by atoms with Crippen molar-refractivity contribution in [2.45, 2.75) is 13.5 Å². The van der Waals surface area contributed by atoms with Crippen LogP contribution in [0, 0.1) is 6.92 Å². The zero-order valence-electron chi connectivity index (χ0n) is 13.0. The van der Waals surface area contributed by atoms with E-state index >= 15 is 0 Å². The fraction of sp³-hybridized carbons (Fsp3) is 0.118. The minimum absolute atomic E-state index is 0.00280. The van der Waals surface area contributed by atoms with Crippen molar-refractivity contribution in [3.05, 3.63) is 58.6 Å². The first-order chi connectivity index (χ1) is 11.5. The molecule has 4 N–H and O–H groups in total. The van der Waals surface area contributed by atoms with Crippen molar-refractivity contribution in [1.82, 2.24) is 15.0 Å². The van der Waals surface area contributed by atoms with Crippen LogP contribution in [0.25, 0.3) is 11.4 Å². The molecule has 1 heterocycles. The Hall–Kier alpha value is -2.70. The van der Waals surface area contributed by atoms with E-state index in [0.717, 1.165) is 22.4 Å². The van der Waals surface area contributed by atoms with Gasteiger partial charge in [-0.3, -0.25) is 0 Å². The van der Waals surface area contributed by atoms with Gasteiger partial charge in [-0.25, -0.2) is 0 Å². The quantitative estimate of drug-likeness (QED) is 0.673. The Balaban J connectivity index is 1.95. The van der Waals surface area contributed by atoms with Crippen LogP contribution in [0.2, 0.25) is 5.02 Å². The van der Waals surface area contributed by atoms with Crippen molar-refractivity contribution in [3.63, 3.8) is 0 Å². The molecule has 0 fully saturated rings. The largest absolute Gasteiger partial charge is 0.392 e. The molecule has 0 saturated heterocycles. The molecule has 0 aliphatic rings. The van der Waals surface area contributed by atoms with E-state index in [2.05, 4.69) is 20.3 Å². The molecule has 0 amide bonds. The van der Waals surface area contributed by atoms with Gasteiger partial charge in [0.2, 0.25) is 11.9 Å². The highest BCUT2D eigenvalue weighted by Gasteiger charge is 2.10. The van der Waals surface area contributed by atoms with Gasteiger partial charge in [-0.1, -0.05) is 29.8 Å². The summed E-state index contributed by atoms with van der Waals surface area (Å²) in [6.07, 6.45) is 0. The van der Waals surface area contributed by atoms with Gasteiger partial charge < -0.3 is 16.2 Å². The molecule has 0 unspecified atom stereocenters. The maximum atomic E-state index is 9.08. The Labute approximate surface area is 144 Å². The van der Waals surface area contributed by atoms with E-state index in [1.807, 2.05) is 43.3 Å². The first-order valence-corrected chi connectivity index (χ1v) is 7.68. The van der Waals surface area contributed by atoms with Crippen LogP contribution in [-0.4, -0.2) is 20.1 Å². The van der Waals surface area contributed by atoms with Crippen LogP contribution in [0.3, 0.4) is 0 Å². The maximum Gasteiger partial charge on any atom is 0.232 e. The number of aromatic nitrogens is 3.